The number of carbonyl (C=O) groups is 1. The van der Waals surface area contributed by atoms with E-state index in [1.807, 2.05) is 17.0 Å². The van der Waals surface area contributed by atoms with Crippen LogP contribution in [0.2, 0.25) is 5.02 Å². The highest BCUT2D eigenvalue weighted by molar-refractivity contribution is 6.31. The quantitative estimate of drug-likeness (QED) is 0.821. The first-order valence-corrected chi connectivity index (χ1v) is 9.26. The van der Waals surface area contributed by atoms with Crippen molar-refractivity contribution in [3.63, 3.8) is 0 Å². The van der Waals surface area contributed by atoms with Gasteiger partial charge < -0.3 is 19.0 Å². The van der Waals surface area contributed by atoms with Gasteiger partial charge in [0.05, 0.1) is 0 Å². The summed E-state index contributed by atoms with van der Waals surface area (Å²) in [5.41, 5.74) is 1.50. The van der Waals surface area contributed by atoms with E-state index in [1.54, 1.807) is 6.07 Å². The monoisotopic (exact) mass is 363 g/mol. The van der Waals surface area contributed by atoms with Gasteiger partial charge in [-0.15, -0.1) is 0 Å². The average Bonchev–Trinajstić information content (AvgIpc) is 2.89. The summed E-state index contributed by atoms with van der Waals surface area (Å²) in [6, 6.07) is 6.06. The Morgan fingerprint density at radius 2 is 2.00 bits per heavy atom. The average molecular weight is 364 g/mol. The fraction of sp³-hybridized carbons (Fsp3) is 0.556. The van der Waals surface area contributed by atoms with Gasteiger partial charge in [0, 0.05) is 50.3 Å². The number of benzene rings is 1. The van der Waals surface area contributed by atoms with E-state index >= 15 is 0 Å². The standard InChI is InChI=1S/C18H22ClN3O3/c19-14-2-3-16-15(12-14)20-18(25-16)22-7-1-6-21(8-9-22)17(23)13-4-10-24-11-5-13/h2-3,12-13H,1,4-11H2. The van der Waals surface area contributed by atoms with E-state index in [0.717, 1.165) is 50.0 Å². The van der Waals surface area contributed by atoms with E-state index < -0.39 is 0 Å². The molecule has 6 nitrogen and oxygen atoms in total. The van der Waals surface area contributed by atoms with Crippen LogP contribution >= 0.6 is 11.6 Å². The van der Waals surface area contributed by atoms with Crippen LogP contribution in [0.25, 0.3) is 11.1 Å². The fourth-order valence-electron chi connectivity index (χ4n) is 3.56. The first-order chi connectivity index (χ1) is 12.2. The Labute approximate surface area is 151 Å². The van der Waals surface area contributed by atoms with Crippen molar-refractivity contribution in [2.45, 2.75) is 19.3 Å². The van der Waals surface area contributed by atoms with Crippen LogP contribution in [0.4, 0.5) is 6.01 Å². The smallest absolute Gasteiger partial charge is 0.298 e. The lowest BCUT2D eigenvalue weighted by molar-refractivity contribution is -0.138. The summed E-state index contributed by atoms with van der Waals surface area (Å²) in [7, 11) is 0. The van der Waals surface area contributed by atoms with Gasteiger partial charge in [-0.1, -0.05) is 11.6 Å². The molecule has 1 aromatic carbocycles. The number of aromatic nitrogens is 1. The summed E-state index contributed by atoms with van der Waals surface area (Å²) in [5, 5.41) is 0.649. The molecule has 134 valence electrons. The highest BCUT2D eigenvalue weighted by Crippen LogP contribution is 2.26. The maximum atomic E-state index is 12.7. The minimum Gasteiger partial charge on any atom is -0.423 e. The lowest BCUT2D eigenvalue weighted by Gasteiger charge is -2.28. The Kier molecular flexibility index (Phi) is 4.81. The lowest BCUT2D eigenvalue weighted by atomic mass is 9.98. The van der Waals surface area contributed by atoms with Crippen molar-refractivity contribution in [3.8, 4) is 0 Å². The third-order valence-electron chi connectivity index (χ3n) is 4.99. The Balaban J connectivity index is 1.44. The molecule has 0 atom stereocenters. The Bertz CT molecular complexity index is 757. The zero-order valence-electron chi connectivity index (χ0n) is 14.1. The molecule has 25 heavy (non-hydrogen) atoms. The number of amides is 1. The van der Waals surface area contributed by atoms with Crippen LogP contribution in [0, 0.1) is 5.92 Å². The Morgan fingerprint density at radius 1 is 1.16 bits per heavy atom. The molecule has 0 aliphatic carbocycles. The molecular weight excluding hydrogens is 342 g/mol. The van der Waals surface area contributed by atoms with Gasteiger partial charge in [-0.05, 0) is 37.5 Å². The molecule has 2 saturated heterocycles. The van der Waals surface area contributed by atoms with E-state index in [0.29, 0.717) is 30.8 Å². The van der Waals surface area contributed by atoms with Gasteiger partial charge in [-0.25, -0.2) is 0 Å². The number of ether oxygens (including phenoxy) is 1. The zero-order valence-corrected chi connectivity index (χ0v) is 14.9. The first kappa shape index (κ1) is 16.7. The molecular formula is C18H22ClN3O3. The first-order valence-electron chi connectivity index (χ1n) is 8.88. The largest absolute Gasteiger partial charge is 0.423 e. The van der Waals surface area contributed by atoms with Gasteiger partial charge in [-0.2, -0.15) is 4.98 Å². The maximum Gasteiger partial charge on any atom is 0.298 e. The highest BCUT2D eigenvalue weighted by atomic mass is 35.5. The third-order valence-corrected chi connectivity index (χ3v) is 5.22. The molecule has 0 bridgehead atoms. The van der Waals surface area contributed by atoms with E-state index in [-0.39, 0.29) is 11.8 Å². The molecule has 3 heterocycles. The molecule has 0 saturated carbocycles. The van der Waals surface area contributed by atoms with Crippen molar-refractivity contribution in [3.05, 3.63) is 23.2 Å². The van der Waals surface area contributed by atoms with Crippen LogP contribution in [0.1, 0.15) is 19.3 Å². The number of hydrogen-bond acceptors (Lipinski definition) is 5. The predicted molar refractivity (Wildman–Crippen MR) is 96.0 cm³/mol. The van der Waals surface area contributed by atoms with E-state index in [2.05, 4.69) is 9.88 Å². The van der Waals surface area contributed by atoms with E-state index in [9.17, 15) is 4.79 Å². The number of fused-ring (bicyclic) bond motifs is 1. The predicted octanol–water partition coefficient (Wildman–Crippen LogP) is 2.95. The van der Waals surface area contributed by atoms with Crippen molar-refractivity contribution in [2.75, 3.05) is 44.3 Å². The van der Waals surface area contributed by atoms with Crippen LogP contribution in [0.3, 0.4) is 0 Å². The fourth-order valence-corrected chi connectivity index (χ4v) is 3.72. The molecule has 0 radical (unpaired) electrons. The number of nitrogens with zero attached hydrogens (tertiary/aromatic N) is 3. The molecule has 0 unspecified atom stereocenters. The number of carbonyl (C=O) groups excluding carboxylic acids is 1. The zero-order chi connectivity index (χ0) is 17.2. The molecule has 1 amide bonds. The topological polar surface area (TPSA) is 58.8 Å². The van der Waals surface area contributed by atoms with Crippen molar-refractivity contribution in [1.82, 2.24) is 9.88 Å². The number of oxazole rings is 1. The third kappa shape index (κ3) is 3.60. The van der Waals surface area contributed by atoms with Gasteiger partial charge >= 0.3 is 0 Å². The van der Waals surface area contributed by atoms with Gasteiger partial charge in [0.15, 0.2) is 5.58 Å². The van der Waals surface area contributed by atoms with Crippen molar-refractivity contribution >= 4 is 34.6 Å². The highest BCUT2D eigenvalue weighted by Gasteiger charge is 2.28. The Hall–Kier alpha value is -1.79. The summed E-state index contributed by atoms with van der Waals surface area (Å²) in [4.78, 5) is 21.4. The lowest BCUT2D eigenvalue weighted by Crippen LogP contribution is -2.40. The minimum absolute atomic E-state index is 0.117. The second-order valence-electron chi connectivity index (χ2n) is 6.66. The number of rotatable bonds is 2. The van der Waals surface area contributed by atoms with Gasteiger partial charge in [0.25, 0.3) is 6.01 Å². The second-order valence-corrected chi connectivity index (χ2v) is 7.10. The summed E-state index contributed by atoms with van der Waals surface area (Å²) in [6.45, 7) is 4.45. The van der Waals surface area contributed by atoms with Crippen LogP contribution in [-0.2, 0) is 9.53 Å². The summed E-state index contributed by atoms with van der Waals surface area (Å²) >= 11 is 6.02. The SMILES string of the molecule is O=C(C1CCOCC1)N1CCCN(c2nc3cc(Cl)ccc3o2)CC1. The van der Waals surface area contributed by atoms with Crippen molar-refractivity contribution < 1.29 is 13.9 Å². The molecule has 7 heteroatoms. The van der Waals surface area contributed by atoms with Crippen LogP contribution in [0.5, 0.6) is 0 Å². The molecule has 2 aromatic rings. The van der Waals surface area contributed by atoms with Crippen molar-refractivity contribution in [1.29, 1.82) is 0 Å². The molecule has 2 aliphatic rings. The van der Waals surface area contributed by atoms with Gasteiger partial charge in [0.1, 0.15) is 5.52 Å². The number of halogens is 1. The van der Waals surface area contributed by atoms with Crippen LogP contribution < -0.4 is 4.90 Å². The summed E-state index contributed by atoms with van der Waals surface area (Å²) in [6.07, 6.45) is 2.59. The molecule has 1 aromatic heterocycles. The van der Waals surface area contributed by atoms with E-state index in [4.69, 9.17) is 20.8 Å². The van der Waals surface area contributed by atoms with E-state index in [1.165, 1.54) is 0 Å². The molecule has 0 N–H and O–H groups in total. The van der Waals surface area contributed by atoms with Gasteiger partial charge in [0.2, 0.25) is 5.91 Å². The van der Waals surface area contributed by atoms with Crippen LogP contribution in [0.15, 0.2) is 22.6 Å². The molecule has 2 aliphatic heterocycles. The Morgan fingerprint density at radius 3 is 2.84 bits per heavy atom. The summed E-state index contributed by atoms with van der Waals surface area (Å²) in [5.74, 6) is 0.390. The normalized spacial score (nSPS) is 20.0. The molecule has 0 spiro atoms. The van der Waals surface area contributed by atoms with Crippen LogP contribution in [-0.4, -0.2) is 55.2 Å². The summed E-state index contributed by atoms with van der Waals surface area (Å²) < 4.78 is 11.2. The molecule has 4 rings (SSSR count). The minimum atomic E-state index is 0.117. The number of anilines is 1. The number of hydrogen-bond donors (Lipinski definition) is 0. The molecule has 2 fully saturated rings. The van der Waals surface area contributed by atoms with Gasteiger partial charge in [-0.3, -0.25) is 4.79 Å². The second kappa shape index (κ2) is 7.22. The maximum absolute atomic E-state index is 12.7. The van der Waals surface area contributed by atoms with Crippen molar-refractivity contribution in [2.24, 2.45) is 5.92 Å².